The number of alkyl halides is 1. The molecule has 1 aliphatic rings. The van der Waals surface area contributed by atoms with Crippen molar-refractivity contribution < 1.29 is 4.79 Å². The molecule has 1 rings (SSSR count). The monoisotopic (exact) mass is 189 g/mol. The van der Waals surface area contributed by atoms with Gasteiger partial charge in [0.1, 0.15) is 0 Å². The molecule has 0 radical (unpaired) electrons. The van der Waals surface area contributed by atoms with Crippen molar-refractivity contribution in [1.29, 1.82) is 0 Å². The number of carbonyl (C=O) groups is 1. The number of hydrogen-bond donors (Lipinski definition) is 1. The van der Waals surface area contributed by atoms with Gasteiger partial charge in [0.15, 0.2) is 0 Å². The van der Waals surface area contributed by atoms with Crippen LogP contribution in [-0.2, 0) is 4.79 Å². The van der Waals surface area contributed by atoms with Gasteiger partial charge in [0, 0.05) is 17.3 Å². The fourth-order valence-electron chi connectivity index (χ4n) is 1.08. The summed E-state index contributed by atoms with van der Waals surface area (Å²) in [6, 6.07) is 0. The maximum absolute atomic E-state index is 11.3. The summed E-state index contributed by atoms with van der Waals surface area (Å²) in [6.45, 7) is 4.02. The second kappa shape index (κ2) is 3.65. The van der Waals surface area contributed by atoms with Gasteiger partial charge in [-0.3, -0.25) is 4.79 Å². The van der Waals surface area contributed by atoms with Crippen LogP contribution < -0.4 is 5.32 Å². The number of amides is 1. The Labute approximate surface area is 78.7 Å². The van der Waals surface area contributed by atoms with Gasteiger partial charge in [0.05, 0.1) is 0 Å². The van der Waals surface area contributed by atoms with Crippen LogP contribution in [0.1, 0.15) is 33.1 Å². The summed E-state index contributed by atoms with van der Waals surface area (Å²) in [5, 5.41) is 3.00. The Balaban J connectivity index is 2.31. The molecule has 1 amide bonds. The van der Waals surface area contributed by atoms with Gasteiger partial charge in [-0.25, -0.2) is 0 Å². The molecule has 0 spiro atoms. The number of halogens is 1. The van der Waals surface area contributed by atoms with Crippen molar-refractivity contribution >= 4 is 17.5 Å². The Morgan fingerprint density at radius 3 is 2.58 bits per heavy atom. The lowest BCUT2D eigenvalue weighted by molar-refractivity contribution is -0.123. The van der Waals surface area contributed by atoms with Crippen LogP contribution in [0.3, 0.4) is 0 Å². The fraction of sp³-hybridized carbons (Fsp3) is 0.889. The van der Waals surface area contributed by atoms with Crippen LogP contribution in [-0.4, -0.2) is 17.3 Å². The molecular weight excluding hydrogens is 174 g/mol. The van der Waals surface area contributed by atoms with Crippen LogP contribution in [0.4, 0.5) is 0 Å². The van der Waals surface area contributed by atoms with E-state index in [1.165, 1.54) is 0 Å². The van der Waals surface area contributed by atoms with Crippen molar-refractivity contribution in [2.75, 3.05) is 5.88 Å². The van der Waals surface area contributed by atoms with Crippen LogP contribution in [0.15, 0.2) is 0 Å². The zero-order valence-electron chi connectivity index (χ0n) is 7.69. The molecule has 70 valence electrons. The SMILES string of the molecule is CC(C)(CCCl)NC(=O)C1CC1. The lowest BCUT2D eigenvalue weighted by Crippen LogP contribution is -2.44. The van der Waals surface area contributed by atoms with E-state index < -0.39 is 0 Å². The number of carbonyl (C=O) groups excluding carboxylic acids is 1. The largest absolute Gasteiger partial charge is 0.351 e. The summed E-state index contributed by atoms with van der Waals surface area (Å²) in [7, 11) is 0. The van der Waals surface area contributed by atoms with Gasteiger partial charge in [0.2, 0.25) is 5.91 Å². The molecule has 0 aliphatic heterocycles. The lowest BCUT2D eigenvalue weighted by Gasteiger charge is -2.25. The number of rotatable bonds is 4. The van der Waals surface area contributed by atoms with Crippen LogP contribution in [0, 0.1) is 5.92 Å². The first-order valence-corrected chi connectivity index (χ1v) is 4.96. The highest BCUT2D eigenvalue weighted by Gasteiger charge is 2.32. The fourth-order valence-corrected chi connectivity index (χ4v) is 1.55. The van der Waals surface area contributed by atoms with Crippen LogP contribution in [0.25, 0.3) is 0 Å². The molecule has 12 heavy (non-hydrogen) atoms. The van der Waals surface area contributed by atoms with E-state index in [4.69, 9.17) is 11.6 Å². The predicted molar refractivity (Wildman–Crippen MR) is 50.3 cm³/mol. The Morgan fingerprint density at radius 2 is 2.17 bits per heavy atom. The van der Waals surface area contributed by atoms with Gasteiger partial charge in [-0.05, 0) is 33.1 Å². The van der Waals surface area contributed by atoms with Crippen LogP contribution in [0.5, 0.6) is 0 Å². The lowest BCUT2D eigenvalue weighted by atomic mass is 10.0. The Hall–Kier alpha value is -0.240. The summed E-state index contributed by atoms with van der Waals surface area (Å²) in [4.78, 5) is 11.3. The van der Waals surface area contributed by atoms with Gasteiger partial charge >= 0.3 is 0 Å². The molecule has 0 heterocycles. The highest BCUT2D eigenvalue weighted by atomic mass is 35.5. The van der Waals surface area contributed by atoms with E-state index in [9.17, 15) is 4.79 Å². The van der Waals surface area contributed by atoms with Gasteiger partial charge in [-0.2, -0.15) is 0 Å². The van der Waals surface area contributed by atoms with E-state index in [-0.39, 0.29) is 11.4 Å². The topological polar surface area (TPSA) is 29.1 Å². The summed E-state index contributed by atoms with van der Waals surface area (Å²) >= 11 is 5.61. The van der Waals surface area contributed by atoms with Crippen molar-refractivity contribution in [3.05, 3.63) is 0 Å². The second-order valence-corrected chi connectivity index (χ2v) is 4.46. The molecule has 0 aromatic carbocycles. The Kier molecular flexibility index (Phi) is 2.99. The summed E-state index contributed by atoms with van der Waals surface area (Å²) in [6.07, 6.45) is 2.94. The van der Waals surface area contributed by atoms with Crippen molar-refractivity contribution in [2.45, 2.75) is 38.6 Å². The Bertz CT molecular complexity index is 175. The van der Waals surface area contributed by atoms with Crippen molar-refractivity contribution in [1.82, 2.24) is 5.32 Å². The molecule has 1 saturated carbocycles. The molecule has 3 heteroatoms. The minimum atomic E-state index is -0.137. The van der Waals surface area contributed by atoms with Gasteiger partial charge in [0.25, 0.3) is 0 Å². The average molecular weight is 190 g/mol. The molecule has 0 aromatic rings. The third-order valence-electron chi connectivity index (χ3n) is 2.13. The van der Waals surface area contributed by atoms with E-state index in [1.54, 1.807) is 0 Å². The maximum atomic E-state index is 11.3. The van der Waals surface area contributed by atoms with Crippen molar-refractivity contribution in [2.24, 2.45) is 5.92 Å². The molecule has 1 fully saturated rings. The molecule has 0 bridgehead atoms. The molecule has 0 aromatic heterocycles. The van der Waals surface area contributed by atoms with E-state index in [2.05, 4.69) is 5.32 Å². The Morgan fingerprint density at radius 1 is 1.58 bits per heavy atom. The van der Waals surface area contributed by atoms with Crippen LogP contribution in [0.2, 0.25) is 0 Å². The first-order chi connectivity index (χ1) is 5.55. The standard InChI is InChI=1S/C9H16ClNO/c1-9(2,5-6-10)11-8(12)7-3-4-7/h7H,3-6H2,1-2H3,(H,11,12). The zero-order valence-corrected chi connectivity index (χ0v) is 8.45. The van der Waals surface area contributed by atoms with E-state index >= 15 is 0 Å². The second-order valence-electron chi connectivity index (χ2n) is 4.09. The smallest absolute Gasteiger partial charge is 0.223 e. The molecule has 1 aliphatic carbocycles. The first kappa shape index (κ1) is 9.85. The predicted octanol–water partition coefficient (Wildman–Crippen LogP) is 1.92. The van der Waals surface area contributed by atoms with Crippen molar-refractivity contribution in [3.63, 3.8) is 0 Å². The van der Waals surface area contributed by atoms with Gasteiger partial charge in [-0.15, -0.1) is 11.6 Å². The number of nitrogens with one attached hydrogen (secondary N) is 1. The third kappa shape index (κ3) is 3.02. The summed E-state index contributed by atoms with van der Waals surface area (Å²) in [5.41, 5.74) is -0.137. The van der Waals surface area contributed by atoms with Gasteiger partial charge < -0.3 is 5.32 Å². The third-order valence-corrected chi connectivity index (χ3v) is 2.32. The quantitative estimate of drug-likeness (QED) is 0.673. The molecule has 2 nitrogen and oxygen atoms in total. The minimum absolute atomic E-state index is 0.137. The number of hydrogen-bond acceptors (Lipinski definition) is 1. The molecule has 0 saturated heterocycles. The van der Waals surface area contributed by atoms with E-state index in [0.717, 1.165) is 19.3 Å². The highest BCUT2D eigenvalue weighted by molar-refractivity contribution is 6.17. The summed E-state index contributed by atoms with van der Waals surface area (Å²) < 4.78 is 0. The van der Waals surface area contributed by atoms with E-state index in [0.29, 0.717) is 11.8 Å². The molecular formula is C9H16ClNO. The van der Waals surface area contributed by atoms with E-state index in [1.807, 2.05) is 13.8 Å². The van der Waals surface area contributed by atoms with Crippen LogP contribution >= 0.6 is 11.6 Å². The molecule has 0 unspecified atom stereocenters. The average Bonchev–Trinajstić information content (AvgIpc) is 2.65. The van der Waals surface area contributed by atoms with Gasteiger partial charge in [-0.1, -0.05) is 0 Å². The normalized spacial score (nSPS) is 17.6. The minimum Gasteiger partial charge on any atom is -0.351 e. The first-order valence-electron chi connectivity index (χ1n) is 4.43. The summed E-state index contributed by atoms with van der Waals surface area (Å²) in [5.74, 6) is 1.09. The maximum Gasteiger partial charge on any atom is 0.223 e. The van der Waals surface area contributed by atoms with Crippen molar-refractivity contribution in [3.8, 4) is 0 Å². The molecule has 0 atom stereocenters. The zero-order chi connectivity index (χ0) is 9.19. The highest BCUT2D eigenvalue weighted by Crippen LogP contribution is 2.29. The molecule has 1 N–H and O–H groups in total.